The molecule has 0 rings (SSSR count). The van der Waals surface area contributed by atoms with Crippen LogP contribution < -0.4 is 5.32 Å². The number of carbonyl (C=O) groups excluding carboxylic acids is 1. The highest BCUT2D eigenvalue weighted by molar-refractivity contribution is 5.76. The van der Waals surface area contributed by atoms with E-state index in [9.17, 15) is 4.79 Å². The van der Waals surface area contributed by atoms with E-state index in [0.29, 0.717) is 19.6 Å². The molecule has 0 atom stereocenters. The minimum absolute atomic E-state index is 0.165. The summed E-state index contributed by atoms with van der Waals surface area (Å²) >= 11 is 0. The first-order valence-corrected chi connectivity index (χ1v) is 4.66. The number of ether oxygens (including phenoxy) is 1. The van der Waals surface area contributed by atoms with Crippen LogP contribution in [-0.2, 0) is 9.53 Å². The van der Waals surface area contributed by atoms with Gasteiger partial charge in [-0.2, -0.15) is 0 Å². The Kier molecular flexibility index (Phi) is 7.63. The van der Waals surface area contributed by atoms with Gasteiger partial charge in [-0.3, -0.25) is 4.79 Å². The van der Waals surface area contributed by atoms with Gasteiger partial charge >= 0.3 is 0 Å². The average molecular weight is 188 g/mol. The standard InChI is InChI=1S/C9H20N2O2/c1-4-10-6-5-9(12)11(2)7-8-13-3/h10H,4-8H2,1-3H3. The molecule has 0 fully saturated rings. The van der Waals surface area contributed by atoms with Gasteiger partial charge in [-0.25, -0.2) is 0 Å². The summed E-state index contributed by atoms with van der Waals surface area (Å²) in [4.78, 5) is 13.0. The van der Waals surface area contributed by atoms with Gasteiger partial charge in [-0.15, -0.1) is 0 Å². The Bertz CT molecular complexity index is 140. The molecule has 0 aliphatic carbocycles. The first-order chi connectivity index (χ1) is 6.22. The highest BCUT2D eigenvalue weighted by Crippen LogP contribution is 1.89. The number of carbonyl (C=O) groups is 1. The molecule has 4 nitrogen and oxygen atoms in total. The van der Waals surface area contributed by atoms with E-state index in [4.69, 9.17) is 4.74 Å². The van der Waals surface area contributed by atoms with E-state index in [1.807, 2.05) is 6.92 Å². The molecule has 0 aromatic heterocycles. The van der Waals surface area contributed by atoms with Gasteiger partial charge in [-0.1, -0.05) is 6.92 Å². The molecule has 0 unspecified atom stereocenters. The maximum atomic E-state index is 11.4. The largest absolute Gasteiger partial charge is 0.383 e. The van der Waals surface area contributed by atoms with Gasteiger partial charge in [0, 0.05) is 33.7 Å². The number of amides is 1. The van der Waals surface area contributed by atoms with Crippen molar-refractivity contribution in [3.63, 3.8) is 0 Å². The van der Waals surface area contributed by atoms with Crippen molar-refractivity contribution >= 4 is 5.91 Å². The second-order valence-corrected chi connectivity index (χ2v) is 2.91. The zero-order valence-corrected chi connectivity index (χ0v) is 8.80. The van der Waals surface area contributed by atoms with Crippen molar-refractivity contribution < 1.29 is 9.53 Å². The monoisotopic (exact) mass is 188 g/mol. The normalized spacial score (nSPS) is 10.1. The minimum atomic E-state index is 0.165. The van der Waals surface area contributed by atoms with Crippen LogP contribution in [0.15, 0.2) is 0 Å². The quantitative estimate of drug-likeness (QED) is 0.576. The molecule has 0 radical (unpaired) electrons. The van der Waals surface area contributed by atoms with E-state index in [-0.39, 0.29) is 5.91 Å². The maximum absolute atomic E-state index is 11.4. The Morgan fingerprint density at radius 2 is 2.23 bits per heavy atom. The summed E-state index contributed by atoms with van der Waals surface area (Å²) in [5, 5.41) is 3.11. The molecule has 0 aromatic rings. The number of methoxy groups -OCH3 is 1. The van der Waals surface area contributed by atoms with Crippen LogP contribution in [0.5, 0.6) is 0 Å². The molecule has 0 aromatic carbocycles. The number of nitrogens with zero attached hydrogens (tertiary/aromatic N) is 1. The van der Waals surface area contributed by atoms with E-state index in [0.717, 1.165) is 13.1 Å². The van der Waals surface area contributed by atoms with Gasteiger partial charge in [-0.05, 0) is 6.54 Å². The first-order valence-electron chi connectivity index (χ1n) is 4.66. The number of nitrogens with one attached hydrogen (secondary N) is 1. The number of hydrogen-bond donors (Lipinski definition) is 1. The van der Waals surface area contributed by atoms with Gasteiger partial charge in [0.2, 0.25) is 5.91 Å². The lowest BCUT2D eigenvalue weighted by Gasteiger charge is -2.16. The summed E-state index contributed by atoms with van der Waals surface area (Å²) in [6, 6.07) is 0. The molecule has 4 heteroatoms. The zero-order chi connectivity index (χ0) is 10.1. The van der Waals surface area contributed by atoms with E-state index in [1.165, 1.54) is 0 Å². The maximum Gasteiger partial charge on any atom is 0.223 e. The van der Waals surface area contributed by atoms with Crippen LogP contribution >= 0.6 is 0 Å². The van der Waals surface area contributed by atoms with Crippen molar-refractivity contribution in [1.82, 2.24) is 10.2 Å². The summed E-state index contributed by atoms with van der Waals surface area (Å²) in [5.74, 6) is 0.165. The van der Waals surface area contributed by atoms with Crippen LogP contribution in [0.2, 0.25) is 0 Å². The third kappa shape index (κ3) is 6.54. The van der Waals surface area contributed by atoms with Crippen LogP contribution in [-0.4, -0.2) is 51.2 Å². The van der Waals surface area contributed by atoms with Crippen LogP contribution in [0.3, 0.4) is 0 Å². The fraction of sp³-hybridized carbons (Fsp3) is 0.889. The van der Waals surface area contributed by atoms with Crippen molar-refractivity contribution in [3.8, 4) is 0 Å². The summed E-state index contributed by atoms with van der Waals surface area (Å²) < 4.78 is 4.88. The predicted octanol–water partition coefficient (Wildman–Crippen LogP) is 0.0908. The lowest BCUT2D eigenvalue weighted by molar-refractivity contribution is -0.130. The fourth-order valence-corrected chi connectivity index (χ4v) is 0.916. The van der Waals surface area contributed by atoms with E-state index in [1.54, 1.807) is 19.1 Å². The molecule has 0 saturated heterocycles. The molecule has 0 saturated carbocycles. The molecular formula is C9H20N2O2. The first kappa shape index (κ1) is 12.4. The third-order valence-corrected chi connectivity index (χ3v) is 1.82. The lowest BCUT2D eigenvalue weighted by Crippen LogP contribution is -2.32. The molecule has 0 bridgehead atoms. The second kappa shape index (κ2) is 8.01. The molecule has 78 valence electrons. The summed E-state index contributed by atoms with van der Waals surface area (Å²) in [7, 11) is 3.43. The number of rotatable bonds is 7. The SMILES string of the molecule is CCNCCC(=O)N(C)CCOC. The molecule has 1 amide bonds. The topological polar surface area (TPSA) is 41.6 Å². The van der Waals surface area contributed by atoms with Crippen LogP contribution in [0, 0.1) is 0 Å². The van der Waals surface area contributed by atoms with Crippen molar-refractivity contribution in [2.75, 3.05) is 40.4 Å². The van der Waals surface area contributed by atoms with Gasteiger partial charge in [0.1, 0.15) is 0 Å². The van der Waals surface area contributed by atoms with Crippen molar-refractivity contribution in [3.05, 3.63) is 0 Å². The Labute approximate surface area is 80.2 Å². The van der Waals surface area contributed by atoms with Crippen LogP contribution in [0.25, 0.3) is 0 Å². The number of likely N-dealkylation sites (N-methyl/N-ethyl adjacent to an activating group) is 1. The highest BCUT2D eigenvalue weighted by atomic mass is 16.5. The Morgan fingerprint density at radius 3 is 2.77 bits per heavy atom. The summed E-state index contributed by atoms with van der Waals surface area (Å²) in [5.41, 5.74) is 0. The van der Waals surface area contributed by atoms with E-state index in [2.05, 4.69) is 5.32 Å². The highest BCUT2D eigenvalue weighted by Gasteiger charge is 2.06. The average Bonchev–Trinajstić information content (AvgIpc) is 2.14. The molecule has 0 aliphatic rings. The van der Waals surface area contributed by atoms with Crippen molar-refractivity contribution in [1.29, 1.82) is 0 Å². The summed E-state index contributed by atoms with van der Waals surface area (Å²) in [6.45, 7) is 4.96. The smallest absolute Gasteiger partial charge is 0.223 e. The molecule has 13 heavy (non-hydrogen) atoms. The van der Waals surface area contributed by atoms with Gasteiger partial charge in [0.15, 0.2) is 0 Å². The Balaban J connectivity index is 3.45. The second-order valence-electron chi connectivity index (χ2n) is 2.91. The molecule has 1 N–H and O–H groups in total. The van der Waals surface area contributed by atoms with Gasteiger partial charge < -0.3 is 15.0 Å². The third-order valence-electron chi connectivity index (χ3n) is 1.82. The van der Waals surface area contributed by atoms with Gasteiger partial charge in [0.05, 0.1) is 6.61 Å². The van der Waals surface area contributed by atoms with E-state index < -0.39 is 0 Å². The Morgan fingerprint density at radius 1 is 1.54 bits per heavy atom. The zero-order valence-electron chi connectivity index (χ0n) is 8.80. The summed E-state index contributed by atoms with van der Waals surface area (Å²) in [6.07, 6.45) is 0.564. The molecule has 0 aliphatic heterocycles. The Hall–Kier alpha value is -0.610. The van der Waals surface area contributed by atoms with Crippen molar-refractivity contribution in [2.24, 2.45) is 0 Å². The molecule has 0 heterocycles. The fourth-order valence-electron chi connectivity index (χ4n) is 0.916. The van der Waals surface area contributed by atoms with Crippen LogP contribution in [0.4, 0.5) is 0 Å². The molecular weight excluding hydrogens is 168 g/mol. The minimum Gasteiger partial charge on any atom is -0.383 e. The van der Waals surface area contributed by atoms with Crippen molar-refractivity contribution in [2.45, 2.75) is 13.3 Å². The van der Waals surface area contributed by atoms with Gasteiger partial charge in [0.25, 0.3) is 0 Å². The lowest BCUT2D eigenvalue weighted by atomic mass is 10.3. The number of hydrogen-bond acceptors (Lipinski definition) is 3. The molecule has 0 spiro atoms. The van der Waals surface area contributed by atoms with Crippen LogP contribution in [0.1, 0.15) is 13.3 Å². The predicted molar refractivity (Wildman–Crippen MR) is 52.7 cm³/mol. The van der Waals surface area contributed by atoms with E-state index >= 15 is 0 Å².